The summed E-state index contributed by atoms with van der Waals surface area (Å²) in [6, 6.07) is 5.97. The first kappa shape index (κ1) is 20.6. The highest BCUT2D eigenvalue weighted by Crippen LogP contribution is 2.29. The molecule has 0 spiro atoms. The van der Waals surface area contributed by atoms with E-state index >= 15 is 0 Å². The van der Waals surface area contributed by atoms with Gasteiger partial charge in [-0.3, -0.25) is 4.79 Å². The standard InChI is InChI=1S/C18H28N2O3.ClH/c1-4-5-12-23-16-7-6-14(13-17(16)22-3)18(21)20-10-8-15(19-2)9-11-20;/h6-7,13,15,19H,4-5,8-12H2,1-3H3;1H. The molecule has 1 N–H and O–H groups in total. The van der Waals surface area contributed by atoms with Crippen LogP contribution in [0.2, 0.25) is 0 Å². The first-order valence-electron chi connectivity index (χ1n) is 8.47. The van der Waals surface area contributed by atoms with Gasteiger partial charge in [0.25, 0.3) is 5.91 Å². The van der Waals surface area contributed by atoms with Crippen LogP contribution < -0.4 is 14.8 Å². The number of ether oxygens (including phenoxy) is 2. The van der Waals surface area contributed by atoms with Crippen LogP contribution in [0.1, 0.15) is 43.0 Å². The Morgan fingerprint density at radius 2 is 2.00 bits per heavy atom. The van der Waals surface area contributed by atoms with Crippen molar-refractivity contribution in [3.05, 3.63) is 23.8 Å². The molecule has 1 saturated heterocycles. The van der Waals surface area contributed by atoms with Crippen molar-refractivity contribution in [2.45, 2.75) is 38.6 Å². The predicted molar refractivity (Wildman–Crippen MR) is 98.6 cm³/mol. The molecule has 136 valence electrons. The summed E-state index contributed by atoms with van der Waals surface area (Å²) < 4.78 is 11.1. The molecule has 0 radical (unpaired) electrons. The van der Waals surface area contributed by atoms with E-state index in [9.17, 15) is 4.79 Å². The average Bonchev–Trinajstić information content (AvgIpc) is 2.61. The summed E-state index contributed by atoms with van der Waals surface area (Å²) in [5, 5.41) is 3.28. The van der Waals surface area contributed by atoms with Gasteiger partial charge in [-0.2, -0.15) is 0 Å². The summed E-state index contributed by atoms with van der Waals surface area (Å²) in [4.78, 5) is 14.6. The van der Waals surface area contributed by atoms with E-state index in [-0.39, 0.29) is 18.3 Å². The smallest absolute Gasteiger partial charge is 0.253 e. The lowest BCUT2D eigenvalue weighted by Gasteiger charge is -2.32. The van der Waals surface area contributed by atoms with E-state index in [2.05, 4.69) is 12.2 Å². The molecule has 1 aliphatic heterocycles. The van der Waals surface area contributed by atoms with Crippen molar-refractivity contribution in [1.29, 1.82) is 0 Å². The summed E-state index contributed by atoms with van der Waals surface area (Å²) in [5.74, 6) is 1.39. The van der Waals surface area contributed by atoms with Gasteiger partial charge in [-0.15, -0.1) is 12.4 Å². The first-order valence-corrected chi connectivity index (χ1v) is 8.47. The second-order valence-corrected chi connectivity index (χ2v) is 5.92. The van der Waals surface area contributed by atoms with Crippen molar-refractivity contribution in [2.24, 2.45) is 0 Å². The minimum Gasteiger partial charge on any atom is -0.493 e. The monoisotopic (exact) mass is 356 g/mol. The second kappa shape index (κ2) is 10.4. The summed E-state index contributed by atoms with van der Waals surface area (Å²) in [6.45, 7) is 4.38. The Hall–Kier alpha value is -1.46. The quantitative estimate of drug-likeness (QED) is 0.763. The fraction of sp³-hybridized carbons (Fsp3) is 0.611. The maximum atomic E-state index is 12.6. The maximum Gasteiger partial charge on any atom is 0.253 e. The van der Waals surface area contributed by atoms with Crippen LogP contribution in [-0.4, -0.2) is 50.7 Å². The van der Waals surface area contributed by atoms with Crippen molar-refractivity contribution >= 4 is 18.3 Å². The molecule has 0 bridgehead atoms. The minimum absolute atomic E-state index is 0. The second-order valence-electron chi connectivity index (χ2n) is 5.92. The Balaban J connectivity index is 0.00000288. The molecular weight excluding hydrogens is 328 g/mol. The lowest BCUT2D eigenvalue weighted by molar-refractivity contribution is 0.0707. The van der Waals surface area contributed by atoms with Gasteiger partial charge in [0, 0.05) is 24.7 Å². The summed E-state index contributed by atoms with van der Waals surface area (Å²) in [6.07, 6.45) is 4.08. The molecule has 0 aliphatic carbocycles. The number of nitrogens with one attached hydrogen (secondary N) is 1. The number of amides is 1. The molecule has 1 amide bonds. The normalized spacial score (nSPS) is 14.9. The largest absolute Gasteiger partial charge is 0.493 e. The third-order valence-corrected chi connectivity index (χ3v) is 4.36. The van der Waals surface area contributed by atoms with E-state index in [1.807, 2.05) is 24.1 Å². The first-order chi connectivity index (χ1) is 11.2. The molecule has 0 unspecified atom stereocenters. The van der Waals surface area contributed by atoms with Crippen LogP contribution in [0, 0.1) is 0 Å². The van der Waals surface area contributed by atoms with E-state index in [1.54, 1.807) is 13.2 Å². The number of likely N-dealkylation sites (tertiary alicyclic amines) is 1. The number of benzene rings is 1. The molecule has 1 aromatic rings. The number of hydrogen-bond donors (Lipinski definition) is 1. The highest BCUT2D eigenvalue weighted by Gasteiger charge is 2.23. The van der Waals surface area contributed by atoms with Gasteiger partial charge in [-0.1, -0.05) is 13.3 Å². The molecule has 0 saturated carbocycles. The minimum atomic E-state index is 0. The fourth-order valence-corrected chi connectivity index (χ4v) is 2.80. The highest BCUT2D eigenvalue weighted by molar-refractivity contribution is 5.95. The van der Waals surface area contributed by atoms with Crippen LogP contribution in [-0.2, 0) is 0 Å². The number of carbonyl (C=O) groups excluding carboxylic acids is 1. The number of halogens is 1. The van der Waals surface area contributed by atoms with E-state index < -0.39 is 0 Å². The van der Waals surface area contributed by atoms with Crippen molar-refractivity contribution in [1.82, 2.24) is 10.2 Å². The molecule has 1 aromatic carbocycles. The molecule has 2 rings (SSSR count). The van der Waals surface area contributed by atoms with E-state index in [0.29, 0.717) is 29.7 Å². The molecule has 1 fully saturated rings. The predicted octanol–water partition coefficient (Wildman–Crippen LogP) is 3.12. The molecule has 0 atom stereocenters. The van der Waals surface area contributed by atoms with E-state index in [4.69, 9.17) is 9.47 Å². The van der Waals surface area contributed by atoms with Gasteiger partial charge in [0.2, 0.25) is 0 Å². The lowest BCUT2D eigenvalue weighted by Crippen LogP contribution is -2.43. The Morgan fingerprint density at radius 3 is 2.58 bits per heavy atom. The number of unbranched alkanes of at least 4 members (excludes halogenated alkanes) is 1. The van der Waals surface area contributed by atoms with Gasteiger partial charge in [-0.05, 0) is 44.5 Å². The van der Waals surface area contributed by atoms with Crippen molar-refractivity contribution in [3.63, 3.8) is 0 Å². The van der Waals surface area contributed by atoms with Crippen LogP contribution in [0.25, 0.3) is 0 Å². The third-order valence-electron chi connectivity index (χ3n) is 4.36. The topological polar surface area (TPSA) is 50.8 Å². The van der Waals surface area contributed by atoms with Gasteiger partial charge in [0.1, 0.15) is 0 Å². The van der Waals surface area contributed by atoms with E-state index in [1.165, 1.54) is 0 Å². The van der Waals surface area contributed by atoms with Crippen LogP contribution in [0.3, 0.4) is 0 Å². The number of methoxy groups -OCH3 is 1. The van der Waals surface area contributed by atoms with Crippen molar-refractivity contribution in [3.8, 4) is 11.5 Å². The zero-order valence-electron chi connectivity index (χ0n) is 14.8. The summed E-state index contributed by atoms with van der Waals surface area (Å²) >= 11 is 0. The maximum absolute atomic E-state index is 12.6. The fourth-order valence-electron chi connectivity index (χ4n) is 2.80. The molecule has 24 heavy (non-hydrogen) atoms. The van der Waals surface area contributed by atoms with E-state index in [0.717, 1.165) is 38.8 Å². The Labute approximate surface area is 151 Å². The highest BCUT2D eigenvalue weighted by atomic mass is 35.5. The number of nitrogens with zero attached hydrogens (tertiary/aromatic N) is 1. The van der Waals surface area contributed by atoms with Crippen LogP contribution >= 0.6 is 12.4 Å². The third kappa shape index (κ3) is 5.28. The molecule has 1 aliphatic rings. The molecular formula is C18H29ClN2O3. The van der Waals surface area contributed by atoms with Crippen LogP contribution in [0.4, 0.5) is 0 Å². The molecule has 5 nitrogen and oxygen atoms in total. The summed E-state index contributed by atoms with van der Waals surface area (Å²) in [7, 11) is 3.58. The van der Waals surface area contributed by atoms with Gasteiger partial charge in [0.05, 0.1) is 13.7 Å². The zero-order valence-corrected chi connectivity index (χ0v) is 15.7. The van der Waals surface area contributed by atoms with Crippen molar-refractivity contribution < 1.29 is 14.3 Å². The number of hydrogen-bond acceptors (Lipinski definition) is 4. The Kier molecular flexibility index (Phi) is 8.93. The van der Waals surface area contributed by atoms with Gasteiger partial charge in [-0.25, -0.2) is 0 Å². The number of carbonyl (C=O) groups is 1. The molecule has 0 aromatic heterocycles. The zero-order chi connectivity index (χ0) is 16.7. The SMILES string of the molecule is CCCCOc1ccc(C(=O)N2CCC(NC)CC2)cc1OC.Cl. The Morgan fingerprint density at radius 1 is 1.29 bits per heavy atom. The average molecular weight is 357 g/mol. The number of rotatable bonds is 7. The van der Waals surface area contributed by atoms with Gasteiger partial charge < -0.3 is 19.7 Å². The number of piperidine rings is 1. The van der Waals surface area contributed by atoms with Crippen LogP contribution in [0.5, 0.6) is 11.5 Å². The van der Waals surface area contributed by atoms with Crippen molar-refractivity contribution in [2.75, 3.05) is 33.9 Å². The molecule has 6 heteroatoms. The van der Waals surface area contributed by atoms with Crippen LogP contribution in [0.15, 0.2) is 18.2 Å². The summed E-state index contributed by atoms with van der Waals surface area (Å²) in [5.41, 5.74) is 0.660. The van der Waals surface area contributed by atoms with Gasteiger partial charge in [0.15, 0.2) is 11.5 Å². The van der Waals surface area contributed by atoms with Gasteiger partial charge >= 0.3 is 0 Å². The Bertz CT molecular complexity index is 517. The lowest BCUT2D eigenvalue weighted by atomic mass is 10.0. The molecule has 1 heterocycles.